The Hall–Kier alpha value is -3.10. The number of H-pyrrole nitrogens is 1. The van der Waals surface area contributed by atoms with Gasteiger partial charge in [0.05, 0.1) is 18.8 Å². The quantitative estimate of drug-likeness (QED) is 0.493. The molecule has 1 atom stereocenters. The molecule has 3 heterocycles. The molecule has 30 heavy (non-hydrogen) atoms. The van der Waals surface area contributed by atoms with Gasteiger partial charge >= 0.3 is 0 Å². The normalized spacial score (nSPS) is 15.4. The summed E-state index contributed by atoms with van der Waals surface area (Å²) in [5.74, 6) is 0.460. The Morgan fingerprint density at radius 1 is 1.03 bits per heavy atom. The van der Waals surface area contributed by atoms with E-state index in [1.165, 1.54) is 11.8 Å². The molecule has 1 aliphatic rings. The van der Waals surface area contributed by atoms with E-state index in [1.807, 2.05) is 65.7 Å². The van der Waals surface area contributed by atoms with Gasteiger partial charge in [0.15, 0.2) is 0 Å². The maximum atomic E-state index is 13.3. The maximum absolute atomic E-state index is 13.3. The minimum atomic E-state index is -0.458. The first kappa shape index (κ1) is 18.9. The lowest BCUT2D eigenvalue weighted by Gasteiger charge is -2.29. The van der Waals surface area contributed by atoms with E-state index in [0.29, 0.717) is 37.4 Å². The van der Waals surface area contributed by atoms with E-state index in [1.54, 1.807) is 0 Å². The Morgan fingerprint density at radius 3 is 2.63 bits per heavy atom. The molecular weight excluding hydrogens is 400 g/mol. The van der Waals surface area contributed by atoms with E-state index in [2.05, 4.69) is 15.2 Å². The first-order valence-corrected chi connectivity index (χ1v) is 10.7. The number of rotatable bonds is 5. The number of para-hydroxylation sites is 1. The zero-order valence-corrected chi connectivity index (χ0v) is 17.0. The van der Waals surface area contributed by atoms with E-state index < -0.39 is 5.25 Å². The topological polar surface area (TPSA) is 84.2 Å². The smallest absolute Gasteiger partial charge is 0.277 e. The maximum Gasteiger partial charge on any atom is 0.277 e. The van der Waals surface area contributed by atoms with E-state index >= 15 is 0 Å². The number of benzene rings is 2. The van der Waals surface area contributed by atoms with E-state index in [0.717, 1.165) is 22.0 Å². The number of nitrogens with one attached hydrogen (secondary N) is 1. The summed E-state index contributed by atoms with van der Waals surface area (Å²) in [6.07, 6.45) is 1.86. The fourth-order valence-electron chi connectivity index (χ4n) is 3.55. The minimum Gasteiger partial charge on any atom is -0.411 e. The third-order valence-electron chi connectivity index (χ3n) is 5.09. The van der Waals surface area contributed by atoms with Gasteiger partial charge < -0.3 is 19.0 Å². The lowest BCUT2D eigenvalue weighted by atomic mass is 10.1. The first-order chi connectivity index (χ1) is 14.8. The molecular formula is C22H20N4O3S. The van der Waals surface area contributed by atoms with Crippen LogP contribution in [0, 0.1) is 0 Å². The van der Waals surface area contributed by atoms with Crippen LogP contribution in [0.5, 0.6) is 0 Å². The van der Waals surface area contributed by atoms with Crippen molar-refractivity contribution in [3.63, 3.8) is 0 Å². The Bertz CT molecular complexity index is 1150. The molecule has 0 saturated carbocycles. The summed E-state index contributed by atoms with van der Waals surface area (Å²) >= 11 is 1.28. The number of fused-ring (bicyclic) bond motifs is 1. The van der Waals surface area contributed by atoms with Crippen molar-refractivity contribution in [1.82, 2.24) is 20.1 Å². The van der Waals surface area contributed by atoms with Crippen LogP contribution in [0.2, 0.25) is 0 Å². The van der Waals surface area contributed by atoms with Gasteiger partial charge in [-0.25, -0.2) is 0 Å². The van der Waals surface area contributed by atoms with Crippen LogP contribution in [-0.4, -0.2) is 52.3 Å². The summed E-state index contributed by atoms with van der Waals surface area (Å²) in [4.78, 5) is 18.3. The Balaban J connectivity index is 1.43. The summed E-state index contributed by atoms with van der Waals surface area (Å²) in [5, 5.41) is 9.36. The van der Waals surface area contributed by atoms with Gasteiger partial charge in [0.2, 0.25) is 5.91 Å². The number of hydrogen-bond acceptors (Lipinski definition) is 6. The van der Waals surface area contributed by atoms with Crippen LogP contribution < -0.4 is 0 Å². The van der Waals surface area contributed by atoms with Gasteiger partial charge in [0.1, 0.15) is 5.25 Å². The van der Waals surface area contributed by atoms with Crippen molar-refractivity contribution in [2.45, 2.75) is 10.5 Å². The first-order valence-electron chi connectivity index (χ1n) is 9.78. The van der Waals surface area contributed by atoms with Gasteiger partial charge in [0.25, 0.3) is 11.1 Å². The van der Waals surface area contributed by atoms with Crippen LogP contribution in [-0.2, 0) is 9.53 Å². The van der Waals surface area contributed by atoms with Crippen molar-refractivity contribution in [2.75, 3.05) is 26.3 Å². The highest BCUT2D eigenvalue weighted by Gasteiger charge is 2.30. The van der Waals surface area contributed by atoms with E-state index in [-0.39, 0.29) is 5.91 Å². The average molecular weight is 420 g/mol. The van der Waals surface area contributed by atoms with Crippen LogP contribution >= 0.6 is 11.8 Å². The summed E-state index contributed by atoms with van der Waals surface area (Å²) in [6, 6.07) is 17.6. The predicted molar refractivity (Wildman–Crippen MR) is 114 cm³/mol. The number of ether oxygens (including phenoxy) is 1. The minimum absolute atomic E-state index is 0.0290. The highest BCUT2D eigenvalue weighted by molar-refractivity contribution is 8.00. The molecule has 1 aliphatic heterocycles. The van der Waals surface area contributed by atoms with Crippen molar-refractivity contribution in [3.8, 4) is 11.5 Å². The average Bonchev–Trinajstić information content (AvgIpc) is 3.45. The standard InChI is InChI=1S/C22H20N4O3S/c27-21(26-10-12-28-13-11-26)19(15-6-2-1-3-7-15)30-22-25-24-20(29-22)17-14-23-18-9-5-4-8-16(17)18/h1-9,14,19,23H,10-13H2/t19-/m1/s1. The molecule has 1 fully saturated rings. The number of carbonyl (C=O) groups excluding carboxylic acids is 1. The second-order valence-electron chi connectivity index (χ2n) is 6.97. The van der Waals surface area contributed by atoms with Gasteiger partial charge in [0, 0.05) is 30.2 Å². The van der Waals surface area contributed by atoms with Crippen LogP contribution in [0.15, 0.2) is 70.4 Å². The Kier molecular flexibility index (Phi) is 5.25. The molecule has 1 amide bonds. The molecule has 1 saturated heterocycles. The predicted octanol–water partition coefficient (Wildman–Crippen LogP) is 3.91. The number of amides is 1. The van der Waals surface area contributed by atoms with Gasteiger partial charge in [-0.05, 0) is 23.4 Å². The monoisotopic (exact) mass is 420 g/mol. The largest absolute Gasteiger partial charge is 0.411 e. The van der Waals surface area contributed by atoms with Gasteiger partial charge in [-0.2, -0.15) is 0 Å². The zero-order valence-electron chi connectivity index (χ0n) is 16.2. The van der Waals surface area contributed by atoms with Crippen LogP contribution in [0.3, 0.4) is 0 Å². The van der Waals surface area contributed by atoms with Crippen molar-refractivity contribution in [2.24, 2.45) is 0 Å². The number of aromatic amines is 1. The van der Waals surface area contributed by atoms with Gasteiger partial charge in [-0.15, -0.1) is 10.2 Å². The number of nitrogens with zero attached hydrogens (tertiary/aromatic N) is 3. The Morgan fingerprint density at radius 2 is 1.80 bits per heavy atom. The summed E-state index contributed by atoms with van der Waals surface area (Å²) in [7, 11) is 0. The fourth-order valence-corrected chi connectivity index (χ4v) is 4.51. The molecule has 0 bridgehead atoms. The zero-order chi connectivity index (χ0) is 20.3. The highest BCUT2D eigenvalue weighted by Crippen LogP contribution is 2.38. The van der Waals surface area contributed by atoms with Crippen molar-refractivity contribution < 1.29 is 13.9 Å². The SMILES string of the molecule is O=C([C@H](Sc1nnc(-c2c[nH]c3ccccc23)o1)c1ccccc1)N1CCOCC1. The molecule has 7 nitrogen and oxygen atoms in total. The van der Waals surface area contributed by atoms with Crippen molar-refractivity contribution in [1.29, 1.82) is 0 Å². The van der Waals surface area contributed by atoms with Crippen molar-refractivity contribution >= 4 is 28.6 Å². The third-order valence-corrected chi connectivity index (χ3v) is 6.17. The summed E-state index contributed by atoms with van der Waals surface area (Å²) in [5.41, 5.74) is 2.76. The number of thioether (sulfide) groups is 1. The Labute approximate surface area is 177 Å². The lowest BCUT2D eigenvalue weighted by Crippen LogP contribution is -2.42. The summed E-state index contributed by atoms with van der Waals surface area (Å²) < 4.78 is 11.3. The molecule has 1 N–H and O–H groups in total. The number of carbonyl (C=O) groups is 1. The molecule has 0 unspecified atom stereocenters. The molecule has 0 spiro atoms. The molecule has 152 valence electrons. The van der Waals surface area contributed by atoms with Gasteiger partial charge in [-0.1, -0.05) is 48.5 Å². The number of hydrogen-bond donors (Lipinski definition) is 1. The molecule has 8 heteroatoms. The molecule has 0 aliphatic carbocycles. The number of morpholine rings is 1. The lowest BCUT2D eigenvalue weighted by molar-refractivity contribution is -0.134. The van der Waals surface area contributed by atoms with E-state index in [4.69, 9.17) is 9.15 Å². The van der Waals surface area contributed by atoms with E-state index in [9.17, 15) is 4.79 Å². The second-order valence-corrected chi connectivity index (χ2v) is 8.02. The van der Waals surface area contributed by atoms with Gasteiger partial charge in [-0.3, -0.25) is 4.79 Å². The third kappa shape index (κ3) is 3.71. The fraction of sp³-hybridized carbons (Fsp3) is 0.227. The molecule has 4 aromatic rings. The van der Waals surface area contributed by atoms with Crippen LogP contribution in [0.4, 0.5) is 0 Å². The highest BCUT2D eigenvalue weighted by atomic mass is 32.2. The summed E-state index contributed by atoms with van der Waals surface area (Å²) in [6.45, 7) is 2.30. The van der Waals surface area contributed by atoms with Crippen LogP contribution in [0.1, 0.15) is 10.8 Å². The second kappa shape index (κ2) is 8.33. The molecule has 5 rings (SSSR count). The van der Waals surface area contributed by atoms with Crippen LogP contribution in [0.25, 0.3) is 22.4 Å². The number of aromatic nitrogens is 3. The van der Waals surface area contributed by atoms with Crippen molar-refractivity contribution in [3.05, 3.63) is 66.4 Å². The molecule has 2 aromatic carbocycles. The molecule has 0 radical (unpaired) electrons. The molecule has 2 aromatic heterocycles.